The summed E-state index contributed by atoms with van der Waals surface area (Å²) in [5.74, 6) is 0.179. The molecule has 1 N–H and O–H groups in total. The second kappa shape index (κ2) is 8.60. The molecule has 0 unspecified atom stereocenters. The Bertz CT molecular complexity index is 1250. The number of hydrogen-bond acceptors (Lipinski definition) is 7. The van der Waals surface area contributed by atoms with Crippen molar-refractivity contribution in [3.05, 3.63) is 86.2 Å². The summed E-state index contributed by atoms with van der Waals surface area (Å²) in [6.45, 7) is 0.250. The van der Waals surface area contributed by atoms with Crippen LogP contribution in [-0.4, -0.2) is 19.9 Å². The number of hydrogen-bond donors (Lipinski definition) is 1. The van der Waals surface area contributed by atoms with Crippen LogP contribution in [0.4, 0.5) is 11.5 Å². The molecule has 0 aliphatic heterocycles. The molecule has 0 spiro atoms. The van der Waals surface area contributed by atoms with Gasteiger partial charge in [0, 0.05) is 27.6 Å². The van der Waals surface area contributed by atoms with Gasteiger partial charge in [-0.3, -0.25) is 15.1 Å². The van der Waals surface area contributed by atoms with Crippen molar-refractivity contribution in [3.8, 4) is 11.6 Å². The minimum atomic E-state index is -0.585. The average Bonchev–Trinajstić information content (AvgIpc) is 2.75. The Kier molecular flexibility index (Phi) is 5.73. The van der Waals surface area contributed by atoms with Gasteiger partial charge in [0.25, 0.3) is 0 Å². The highest BCUT2D eigenvalue weighted by atomic mass is 79.9. The van der Waals surface area contributed by atoms with Crippen molar-refractivity contribution >= 4 is 49.9 Å². The molecule has 0 radical (unpaired) electrons. The molecule has 2 aromatic carbocycles. The summed E-state index contributed by atoms with van der Waals surface area (Å²) < 4.78 is 6.64. The highest BCUT2D eigenvalue weighted by Crippen LogP contribution is 2.37. The fraction of sp³-hybridized carbons (Fsp3) is 0.0500. The molecule has 150 valence electrons. The van der Waals surface area contributed by atoms with Gasteiger partial charge >= 0.3 is 11.6 Å². The molecule has 4 aromatic rings. The van der Waals surface area contributed by atoms with E-state index < -0.39 is 4.92 Å². The van der Waals surface area contributed by atoms with E-state index in [1.54, 1.807) is 30.5 Å². The summed E-state index contributed by atoms with van der Waals surface area (Å²) in [6.07, 6.45) is 2.82. The maximum absolute atomic E-state index is 11.8. The Morgan fingerprint density at radius 3 is 2.73 bits per heavy atom. The number of fused-ring (bicyclic) bond motifs is 1. The molecule has 2 heterocycles. The van der Waals surface area contributed by atoms with Crippen LogP contribution in [0.15, 0.2) is 65.5 Å². The second-order valence-electron chi connectivity index (χ2n) is 6.13. The van der Waals surface area contributed by atoms with Crippen molar-refractivity contribution in [1.29, 1.82) is 0 Å². The van der Waals surface area contributed by atoms with Crippen LogP contribution in [0.25, 0.3) is 10.9 Å². The first-order valence-corrected chi connectivity index (χ1v) is 9.89. The highest BCUT2D eigenvalue weighted by molar-refractivity contribution is 9.10. The predicted octanol–water partition coefficient (Wildman–Crippen LogP) is 5.75. The van der Waals surface area contributed by atoms with Crippen LogP contribution in [0.5, 0.6) is 11.6 Å². The predicted molar refractivity (Wildman–Crippen MR) is 117 cm³/mol. The Morgan fingerprint density at radius 2 is 1.93 bits per heavy atom. The first-order chi connectivity index (χ1) is 14.5. The van der Waals surface area contributed by atoms with Crippen molar-refractivity contribution in [1.82, 2.24) is 15.0 Å². The zero-order chi connectivity index (χ0) is 21.1. The van der Waals surface area contributed by atoms with Crippen LogP contribution in [0.2, 0.25) is 5.02 Å². The number of benzene rings is 2. The van der Waals surface area contributed by atoms with Crippen LogP contribution in [0.1, 0.15) is 5.56 Å². The van der Waals surface area contributed by atoms with E-state index in [4.69, 9.17) is 16.3 Å². The topological polar surface area (TPSA) is 103 Å². The number of anilines is 1. The number of pyridine rings is 1. The van der Waals surface area contributed by atoms with Gasteiger partial charge in [-0.05, 0) is 29.8 Å². The Hall–Kier alpha value is -3.30. The monoisotopic (exact) mass is 485 g/mol. The van der Waals surface area contributed by atoms with Gasteiger partial charge in [0.1, 0.15) is 11.8 Å². The summed E-state index contributed by atoms with van der Waals surface area (Å²) in [5, 5.41) is 16.1. The number of nitrogens with one attached hydrogen (secondary N) is 1. The Labute approximate surface area is 184 Å². The van der Waals surface area contributed by atoms with E-state index in [-0.39, 0.29) is 23.9 Å². The molecule has 0 bridgehead atoms. The quantitative estimate of drug-likeness (QED) is 0.273. The number of ether oxygens (including phenoxy) is 1. The van der Waals surface area contributed by atoms with Gasteiger partial charge in [-0.2, -0.15) is 4.98 Å². The Balaban J connectivity index is 1.70. The number of rotatable bonds is 6. The van der Waals surface area contributed by atoms with Crippen molar-refractivity contribution < 1.29 is 9.66 Å². The third-order valence-electron chi connectivity index (χ3n) is 4.26. The summed E-state index contributed by atoms with van der Waals surface area (Å²) in [6, 6.07) is 14.3. The maximum Gasteiger partial charge on any atom is 0.373 e. The minimum absolute atomic E-state index is 0.0271. The van der Waals surface area contributed by atoms with E-state index >= 15 is 0 Å². The van der Waals surface area contributed by atoms with Gasteiger partial charge in [0.05, 0.1) is 4.92 Å². The summed E-state index contributed by atoms with van der Waals surface area (Å²) >= 11 is 9.62. The molecule has 30 heavy (non-hydrogen) atoms. The van der Waals surface area contributed by atoms with Crippen LogP contribution in [0.3, 0.4) is 0 Å². The van der Waals surface area contributed by atoms with Crippen LogP contribution in [-0.2, 0) is 6.54 Å². The molecule has 4 rings (SSSR count). The smallest absolute Gasteiger partial charge is 0.373 e. The van der Waals surface area contributed by atoms with E-state index in [1.165, 1.54) is 6.33 Å². The van der Waals surface area contributed by atoms with Gasteiger partial charge in [-0.15, -0.1) is 0 Å². The van der Waals surface area contributed by atoms with E-state index in [9.17, 15) is 10.1 Å². The fourth-order valence-electron chi connectivity index (χ4n) is 2.85. The third kappa shape index (κ3) is 4.03. The number of aromatic nitrogens is 3. The molecule has 0 atom stereocenters. The lowest BCUT2D eigenvalue weighted by Gasteiger charge is -2.11. The molecule has 0 saturated heterocycles. The van der Waals surface area contributed by atoms with Crippen molar-refractivity contribution in [2.75, 3.05) is 5.32 Å². The van der Waals surface area contributed by atoms with Gasteiger partial charge in [-0.1, -0.05) is 51.8 Å². The second-order valence-corrected chi connectivity index (χ2v) is 7.39. The molecule has 0 aliphatic rings. The van der Waals surface area contributed by atoms with E-state index in [1.807, 2.05) is 24.3 Å². The first-order valence-electron chi connectivity index (χ1n) is 8.72. The lowest BCUT2D eigenvalue weighted by atomic mass is 10.2. The number of nitro groups is 1. The molecule has 0 amide bonds. The van der Waals surface area contributed by atoms with E-state index in [2.05, 4.69) is 36.2 Å². The van der Waals surface area contributed by atoms with Crippen LogP contribution in [0, 0.1) is 10.1 Å². The fourth-order valence-corrected chi connectivity index (χ4v) is 3.51. The number of nitrogens with zero attached hydrogens (tertiary/aromatic N) is 4. The normalized spacial score (nSPS) is 10.7. The SMILES string of the molecule is O=[N+]([O-])c1c(NCc2ccccc2Cl)ncnc1Oc1ccc(Br)c2cccnc12. The van der Waals surface area contributed by atoms with E-state index in [0.717, 1.165) is 15.4 Å². The molecule has 0 aliphatic carbocycles. The zero-order valence-corrected chi connectivity index (χ0v) is 17.6. The summed E-state index contributed by atoms with van der Waals surface area (Å²) in [7, 11) is 0. The molecule has 0 saturated carbocycles. The van der Waals surface area contributed by atoms with Gasteiger partial charge in [-0.25, -0.2) is 4.98 Å². The molecular formula is C20H13BrClN5O3. The van der Waals surface area contributed by atoms with Crippen LogP contribution >= 0.6 is 27.5 Å². The van der Waals surface area contributed by atoms with Crippen molar-refractivity contribution in [2.24, 2.45) is 0 Å². The summed E-state index contributed by atoms with van der Waals surface area (Å²) in [4.78, 5) is 23.5. The lowest BCUT2D eigenvalue weighted by molar-refractivity contribution is -0.385. The first kappa shape index (κ1) is 20.0. The van der Waals surface area contributed by atoms with Gasteiger partial charge in [0.15, 0.2) is 5.75 Å². The molecule has 0 fully saturated rings. The summed E-state index contributed by atoms with van der Waals surface area (Å²) in [5.41, 5.74) is 0.944. The molecular weight excluding hydrogens is 474 g/mol. The van der Waals surface area contributed by atoms with Crippen molar-refractivity contribution in [2.45, 2.75) is 6.54 Å². The minimum Gasteiger partial charge on any atom is -0.431 e. The van der Waals surface area contributed by atoms with Gasteiger partial charge < -0.3 is 10.1 Å². The van der Waals surface area contributed by atoms with Gasteiger partial charge in [0.2, 0.25) is 5.82 Å². The lowest BCUT2D eigenvalue weighted by Crippen LogP contribution is -2.07. The third-order valence-corrected chi connectivity index (χ3v) is 5.32. The standard InChI is InChI=1S/C20H13BrClN5O3/c21-14-7-8-16(17-13(14)5-3-9-23-17)30-20-18(27(28)29)19(25-11-26-20)24-10-12-4-1-2-6-15(12)22/h1-9,11H,10H2,(H,24,25,26). The molecule has 2 aromatic heterocycles. The highest BCUT2D eigenvalue weighted by Gasteiger charge is 2.26. The Morgan fingerprint density at radius 1 is 1.10 bits per heavy atom. The maximum atomic E-state index is 11.8. The number of halogens is 2. The van der Waals surface area contributed by atoms with E-state index in [0.29, 0.717) is 16.3 Å². The molecule has 8 nitrogen and oxygen atoms in total. The zero-order valence-electron chi connectivity index (χ0n) is 15.3. The van der Waals surface area contributed by atoms with Crippen LogP contribution < -0.4 is 10.1 Å². The van der Waals surface area contributed by atoms with Crippen molar-refractivity contribution in [3.63, 3.8) is 0 Å². The largest absolute Gasteiger partial charge is 0.431 e. The average molecular weight is 487 g/mol. The molecule has 10 heteroatoms.